The molecular weight excluding hydrogens is 428 g/mol. The maximum Gasteiger partial charge on any atom is 0.407 e. The number of esters is 1. The molecule has 3 rings (SSSR count). The van der Waals surface area contributed by atoms with Crippen molar-refractivity contribution in [3.63, 3.8) is 0 Å². The van der Waals surface area contributed by atoms with Crippen molar-refractivity contribution in [3.05, 3.63) is 59.7 Å². The third-order valence-electron chi connectivity index (χ3n) is 5.46. The SMILES string of the molecule is COC(=O)CCC(NC(=O)CCNC(=O)OCC1c2ccccc2-c2ccccc21)C(=O)O. The van der Waals surface area contributed by atoms with E-state index in [1.807, 2.05) is 48.5 Å². The van der Waals surface area contributed by atoms with Crippen molar-refractivity contribution in [1.29, 1.82) is 0 Å². The quantitative estimate of drug-likeness (QED) is 0.470. The van der Waals surface area contributed by atoms with Crippen LogP contribution in [0.2, 0.25) is 0 Å². The van der Waals surface area contributed by atoms with Gasteiger partial charge in [0.25, 0.3) is 0 Å². The van der Waals surface area contributed by atoms with E-state index in [4.69, 9.17) is 4.74 Å². The van der Waals surface area contributed by atoms with Crippen LogP contribution in [0.5, 0.6) is 0 Å². The first-order chi connectivity index (χ1) is 15.9. The van der Waals surface area contributed by atoms with Crippen molar-refractivity contribution < 1.29 is 33.8 Å². The van der Waals surface area contributed by atoms with Crippen LogP contribution in [0, 0.1) is 0 Å². The van der Waals surface area contributed by atoms with Gasteiger partial charge in [-0.25, -0.2) is 9.59 Å². The zero-order valence-electron chi connectivity index (χ0n) is 18.2. The molecule has 3 N–H and O–H groups in total. The van der Waals surface area contributed by atoms with Crippen LogP contribution in [0.4, 0.5) is 4.79 Å². The minimum Gasteiger partial charge on any atom is -0.480 e. The first kappa shape index (κ1) is 23.8. The maximum absolute atomic E-state index is 12.1. The van der Waals surface area contributed by atoms with Crippen molar-refractivity contribution in [2.45, 2.75) is 31.2 Å². The summed E-state index contributed by atoms with van der Waals surface area (Å²) in [5.74, 6) is -2.45. The third kappa shape index (κ3) is 6.09. The first-order valence-electron chi connectivity index (χ1n) is 10.6. The summed E-state index contributed by atoms with van der Waals surface area (Å²) in [4.78, 5) is 46.6. The second kappa shape index (κ2) is 11.1. The summed E-state index contributed by atoms with van der Waals surface area (Å²) < 4.78 is 9.86. The van der Waals surface area contributed by atoms with Gasteiger partial charge in [-0.3, -0.25) is 9.59 Å². The molecule has 1 aliphatic carbocycles. The highest BCUT2D eigenvalue weighted by atomic mass is 16.5. The third-order valence-corrected chi connectivity index (χ3v) is 5.46. The number of fused-ring (bicyclic) bond motifs is 3. The van der Waals surface area contributed by atoms with E-state index in [0.717, 1.165) is 22.3 Å². The second-order valence-electron chi connectivity index (χ2n) is 7.58. The number of rotatable bonds is 10. The molecule has 33 heavy (non-hydrogen) atoms. The number of nitrogens with one attached hydrogen (secondary N) is 2. The summed E-state index contributed by atoms with van der Waals surface area (Å²) >= 11 is 0. The second-order valence-corrected chi connectivity index (χ2v) is 7.58. The van der Waals surface area contributed by atoms with Crippen LogP contribution in [0.15, 0.2) is 48.5 Å². The Hall–Kier alpha value is -3.88. The van der Waals surface area contributed by atoms with Gasteiger partial charge in [-0.1, -0.05) is 48.5 Å². The van der Waals surface area contributed by atoms with E-state index < -0.39 is 30.0 Å². The molecule has 0 spiro atoms. The van der Waals surface area contributed by atoms with Crippen molar-refractivity contribution >= 4 is 23.9 Å². The molecule has 0 saturated heterocycles. The molecule has 2 aromatic carbocycles. The van der Waals surface area contributed by atoms with Gasteiger partial charge in [0.05, 0.1) is 7.11 Å². The van der Waals surface area contributed by atoms with Gasteiger partial charge >= 0.3 is 18.0 Å². The predicted molar refractivity (Wildman–Crippen MR) is 119 cm³/mol. The van der Waals surface area contributed by atoms with Gasteiger partial charge in [-0.05, 0) is 28.7 Å². The molecule has 0 aliphatic heterocycles. The number of aliphatic carboxylic acids is 1. The van der Waals surface area contributed by atoms with E-state index in [2.05, 4.69) is 15.4 Å². The van der Waals surface area contributed by atoms with Crippen LogP contribution in [0.3, 0.4) is 0 Å². The topological polar surface area (TPSA) is 131 Å². The Labute approximate surface area is 191 Å². The molecule has 1 aliphatic rings. The van der Waals surface area contributed by atoms with Gasteiger partial charge in [-0.15, -0.1) is 0 Å². The highest BCUT2D eigenvalue weighted by Gasteiger charge is 2.29. The predicted octanol–water partition coefficient (Wildman–Crippen LogP) is 2.44. The van der Waals surface area contributed by atoms with Crippen LogP contribution >= 0.6 is 0 Å². The summed E-state index contributed by atoms with van der Waals surface area (Å²) in [5.41, 5.74) is 4.44. The molecule has 0 radical (unpaired) electrons. The molecule has 2 amide bonds. The fourth-order valence-electron chi connectivity index (χ4n) is 3.82. The largest absolute Gasteiger partial charge is 0.480 e. The minimum absolute atomic E-state index is 0.0220. The van der Waals surface area contributed by atoms with Crippen molar-refractivity contribution in [1.82, 2.24) is 10.6 Å². The number of carbonyl (C=O) groups is 4. The Morgan fingerprint density at radius 3 is 2.15 bits per heavy atom. The highest BCUT2D eigenvalue weighted by Crippen LogP contribution is 2.44. The van der Waals surface area contributed by atoms with Crippen molar-refractivity contribution in [2.75, 3.05) is 20.3 Å². The van der Waals surface area contributed by atoms with Crippen molar-refractivity contribution in [3.8, 4) is 11.1 Å². The Balaban J connectivity index is 1.44. The molecule has 174 valence electrons. The summed E-state index contributed by atoms with van der Waals surface area (Å²) in [6.45, 7) is 0.131. The van der Waals surface area contributed by atoms with Gasteiger partial charge in [0.1, 0.15) is 12.6 Å². The van der Waals surface area contributed by atoms with Crippen LogP contribution in [0.1, 0.15) is 36.3 Å². The molecular formula is C24H26N2O7. The molecule has 1 unspecified atom stereocenters. The lowest BCUT2D eigenvalue weighted by molar-refractivity contribution is -0.144. The molecule has 9 heteroatoms. The van der Waals surface area contributed by atoms with Gasteiger partial charge in [0.15, 0.2) is 0 Å². The number of ether oxygens (including phenoxy) is 2. The minimum atomic E-state index is -1.25. The lowest BCUT2D eigenvalue weighted by Crippen LogP contribution is -2.42. The molecule has 9 nitrogen and oxygen atoms in total. The number of methoxy groups -OCH3 is 1. The Kier molecular flexibility index (Phi) is 8.01. The molecule has 0 saturated carbocycles. The number of carbonyl (C=O) groups excluding carboxylic acids is 3. The Bertz CT molecular complexity index is 991. The molecule has 1 atom stereocenters. The maximum atomic E-state index is 12.1. The molecule has 0 heterocycles. The van der Waals surface area contributed by atoms with Gasteiger partial charge < -0.3 is 25.2 Å². The van der Waals surface area contributed by atoms with E-state index in [1.165, 1.54) is 7.11 Å². The average Bonchev–Trinajstić information content (AvgIpc) is 3.13. The number of carboxylic acid groups (broad SMARTS) is 1. The molecule has 2 aromatic rings. The van der Waals surface area contributed by atoms with Gasteiger partial charge in [0.2, 0.25) is 5.91 Å². The van der Waals surface area contributed by atoms with E-state index in [9.17, 15) is 24.3 Å². The molecule has 0 bridgehead atoms. The van der Waals surface area contributed by atoms with Crippen molar-refractivity contribution in [2.24, 2.45) is 0 Å². The molecule has 0 fully saturated rings. The fourth-order valence-corrected chi connectivity index (χ4v) is 3.82. The Morgan fingerprint density at radius 2 is 1.58 bits per heavy atom. The average molecular weight is 454 g/mol. The smallest absolute Gasteiger partial charge is 0.407 e. The van der Waals surface area contributed by atoms with E-state index >= 15 is 0 Å². The highest BCUT2D eigenvalue weighted by molar-refractivity contribution is 5.84. The number of alkyl carbamates (subject to hydrolysis) is 1. The van der Waals surface area contributed by atoms with Gasteiger partial charge in [0, 0.05) is 25.3 Å². The fraction of sp³-hybridized carbons (Fsp3) is 0.333. The zero-order valence-corrected chi connectivity index (χ0v) is 18.2. The lowest BCUT2D eigenvalue weighted by Gasteiger charge is -2.15. The van der Waals surface area contributed by atoms with Crippen LogP contribution in [0.25, 0.3) is 11.1 Å². The normalized spacial score (nSPS) is 12.8. The summed E-state index contributed by atoms with van der Waals surface area (Å²) in [6, 6.07) is 14.8. The van der Waals surface area contributed by atoms with Crippen LogP contribution < -0.4 is 10.6 Å². The van der Waals surface area contributed by atoms with E-state index in [0.29, 0.717) is 0 Å². The number of hydrogen-bond acceptors (Lipinski definition) is 6. The van der Waals surface area contributed by atoms with E-state index in [-0.39, 0.29) is 38.3 Å². The van der Waals surface area contributed by atoms with E-state index in [1.54, 1.807) is 0 Å². The number of benzene rings is 2. The first-order valence-corrected chi connectivity index (χ1v) is 10.6. The van der Waals surface area contributed by atoms with Crippen LogP contribution in [-0.4, -0.2) is 55.3 Å². The monoisotopic (exact) mass is 454 g/mol. The molecule has 0 aromatic heterocycles. The zero-order chi connectivity index (χ0) is 23.8. The lowest BCUT2D eigenvalue weighted by atomic mass is 9.98. The number of hydrogen-bond donors (Lipinski definition) is 3. The summed E-state index contributed by atoms with van der Waals surface area (Å²) in [6.07, 6.45) is -1.02. The Morgan fingerprint density at radius 1 is 0.970 bits per heavy atom. The van der Waals surface area contributed by atoms with Gasteiger partial charge in [-0.2, -0.15) is 0 Å². The summed E-state index contributed by atoms with van der Waals surface area (Å²) in [7, 11) is 1.20. The number of amides is 2. The van der Waals surface area contributed by atoms with Crippen LogP contribution in [-0.2, 0) is 23.9 Å². The number of carboxylic acids is 1. The standard InChI is InChI=1S/C24H26N2O7/c1-32-22(28)11-10-20(23(29)30)26-21(27)12-13-25-24(31)33-14-19-17-8-4-2-6-15(17)16-7-3-5-9-18(16)19/h2-9,19-20H,10-14H2,1H3,(H,25,31)(H,26,27)(H,29,30). The summed E-state index contributed by atoms with van der Waals surface area (Å²) in [5, 5.41) is 14.0.